The monoisotopic (exact) mass is 358 g/mol. The molecule has 0 radical (unpaired) electrons. The Balaban J connectivity index is 1.57. The number of hydrogen-bond acceptors (Lipinski definition) is 5. The zero-order valence-corrected chi connectivity index (χ0v) is 15.1. The molecule has 1 saturated heterocycles. The molecule has 1 aliphatic carbocycles. The summed E-state index contributed by atoms with van der Waals surface area (Å²) in [6.07, 6.45) is 2.33. The summed E-state index contributed by atoms with van der Waals surface area (Å²) in [5, 5.41) is 9.42. The molecule has 6 nitrogen and oxygen atoms in total. The minimum Gasteiger partial charge on any atom is -0.378 e. The molecule has 132 valence electrons. The number of morpholine rings is 1. The molecular formula is C18H22N4O2S. The number of carbonyl (C=O) groups is 1. The number of hydrogen-bond donors (Lipinski definition) is 0. The molecule has 1 aromatic carbocycles. The number of ether oxygens (including phenoxy) is 1. The standard InChI is InChI=1S/C18H22N4O2S/c1-13(17(23)21-9-11-24-12-10-21)25-18-20-19-16(14-7-8-14)22(18)15-5-3-2-4-6-15/h2-6,13-14H,7-12H2,1H3. The maximum absolute atomic E-state index is 12.7. The molecule has 2 heterocycles. The second-order valence-electron chi connectivity index (χ2n) is 6.48. The van der Waals surface area contributed by atoms with Gasteiger partial charge >= 0.3 is 0 Å². The van der Waals surface area contributed by atoms with Crippen LogP contribution in [0.2, 0.25) is 0 Å². The highest BCUT2D eigenvalue weighted by Crippen LogP contribution is 2.41. The van der Waals surface area contributed by atoms with Crippen LogP contribution in [0, 0.1) is 0 Å². The van der Waals surface area contributed by atoms with Crippen LogP contribution >= 0.6 is 11.8 Å². The number of carbonyl (C=O) groups excluding carboxylic acids is 1. The minimum atomic E-state index is -0.197. The highest BCUT2D eigenvalue weighted by molar-refractivity contribution is 8.00. The van der Waals surface area contributed by atoms with E-state index >= 15 is 0 Å². The molecule has 25 heavy (non-hydrogen) atoms. The highest BCUT2D eigenvalue weighted by Gasteiger charge is 2.32. The second-order valence-corrected chi connectivity index (χ2v) is 7.79. The van der Waals surface area contributed by atoms with Gasteiger partial charge in [0.05, 0.1) is 18.5 Å². The van der Waals surface area contributed by atoms with Gasteiger partial charge in [0.2, 0.25) is 5.91 Å². The Morgan fingerprint density at radius 3 is 2.60 bits per heavy atom. The fraction of sp³-hybridized carbons (Fsp3) is 0.500. The second kappa shape index (κ2) is 7.17. The van der Waals surface area contributed by atoms with E-state index in [1.807, 2.05) is 30.0 Å². The molecule has 0 N–H and O–H groups in total. The average Bonchev–Trinajstić information content (AvgIpc) is 3.43. The van der Waals surface area contributed by atoms with Crippen LogP contribution in [0.15, 0.2) is 35.5 Å². The number of thioether (sulfide) groups is 1. The van der Waals surface area contributed by atoms with E-state index in [2.05, 4.69) is 26.9 Å². The van der Waals surface area contributed by atoms with E-state index < -0.39 is 0 Å². The maximum atomic E-state index is 12.7. The van der Waals surface area contributed by atoms with Crippen molar-refractivity contribution in [3.8, 4) is 5.69 Å². The van der Waals surface area contributed by atoms with Crippen molar-refractivity contribution in [3.05, 3.63) is 36.2 Å². The van der Waals surface area contributed by atoms with E-state index in [4.69, 9.17) is 4.74 Å². The van der Waals surface area contributed by atoms with E-state index in [0.29, 0.717) is 32.2 Å². The van der Waals surface area contributed by atoms with Crippen LogP contribution in [-0.2, 0) is 9.53 Å². The molecule has 1 aromatic heterocycles. The minimum absolute atomic E-state index is 0.142. The van der Waals surface area contributed by atoms with Crippen LogP contribution in [-0.4, -0.2) is 57.1 Å². The van der Waals surface area contributed by atoms with Gasteiger partial charge in [-0.2, -0.15) is 0 Å². The first-order chi connectivity index (χ1) is 12.2. The zero-order chi connectivity index (χ0) is 17.2. The van der Waals surface area contributed by atoms with Gasteiger partial charge in [-0.05, 0) is 31.9 Å². The molecule has 7 heteroatoms. The first kappa shape index (κ1) is 16.6. The number of benzene rings is 1. The summed E-state index contributed by atoms with van der Waals surface area (Å²) >= 11 is 1.49. The number of aromatic nitrogens is 3. The highest BCUT2D eigenvalue weighted by atomic mass is 32.2. The topological polar surface area (TPSA) is 60.2 Å². The summed E-state index contributed by atoms with van der Waals surface area (Å²) in [6, 6.07) is 10.2. The summed E-state index contributed by atoms with van der Waals surface area (Å²) < 4.78 is 7.45. The van der Waals surface area contributed by atoms with Crippen LogP contribution in [0.4, 0.5) is 0 Å². The number of rotatable bonds is 5. The van der Waals surface area contributed by atoms with E-state index in [1.54, 1.807) is 0 Å². The van der Waals surface area contributed by atoms with Gasteiger partial charge < -0.3 is 9.64 Å². The van der Waals surface area contributed by atoms with Gasteiger partial charge in [-0.15, -0.1) is 10.2 Å². The quantitative estimate of drug-likeness (QED) is 0.769. The first-order valence-corrected chi connectivity index (χ1v) is 9.66. The Kier molecular flexibility index (Phi) is 4.76. The van der Waals surface area contributed by atoms with Gasteiger partial charge in [0.15, 0.2) is 5.16 Å². The number of amides is 1. The van der Waals surface area contributed by atoms with E-state index in [1.165, 1.54) is 11.8 Å². The molecule has 2 fully saturated rings. The molecule has 2 aromatic rings. The lowest BCUT2D eigenvalue weighted by Crippen LogP contribution is -2.44. The fourth-order valence-electron chi connectivity index (χ4n) is 3.03. The van der Waals surface area contributed by atoms with Crippen molar-refractivity contribution >= 4 is 17.7 Å². The Morgan fingerprint density at radius 2 is 1.92 bits per heavy atom. The van der Waals surface area contributed by atoms with Crippen LogP contribution in [0.3, 0.4) is 0 Å². The lowest BCUT2D eigenvalue weighted by Gasteiger charge is -2.28. The van der Waals surface area contributed by atoms with Gasteiger partial charge in [0.25, 0.3) is 0 Å². The molecule has 1 amide bonds. The summed E-state index contributed by atoms with van der Waals surface area (Å²) in [6.45, 7) is 4.53. The van der Waals surface area contributed by atoms with Crippen molar-refractivity contribution in [1.29, 1.82) is 0 Å². The van der Waals surface area contributed by atoms with Crippen LogP contribution in [0.25, 0.3) is 5.69 Å². The smallest absolute Gasteiger partial charge is 0.236 e. The third kappa shape index (κ3) is 3.57. The van der Waals surface area contributed by atoms with Gasteiger partial charge in [-0.1, -0.05) is 30.0 Å². The van der Waals surface area contributed by atoms with Crippen molar-refractivity contribution in [2.45, 2.75) is 36.1 Å². The molecule has 1 aliphatic heterocycles. The Hall–Kier alpha value is -1.86. The molecule has 1 unspecified atom stereocenters. The van der Waals surface area contributed by atoms with Crippen molar-refractivity contribution in [2.24, 2.45) is 0 Å². The van der Waals surface area contributed by atoms with Gasteiger partial charge in [0.1, 0.15) is 5.82 Å². The maximum Gasteiger partial charge on any atom is 0.236 e. The molecule has 0 bridgehead atoms. The summed E-state index contributed by atoms with van der Waals surface area (Å²) in [4.78, 5) is 14.6. The van der Waals surface area contributed by atoms with Gasteiger partial charge in [-0.25, -0.2) is 0 Å². The molecule has 0 spiro atoms. The SMILES string of the molecule is CC(Sc1nnc(C2CC2)n1-c1ccccc1)C(=O)N1CCOCC1. The molecule has 2 aliphatic rings. The number of nitrogens with zero attached hydrogens (tertiary/aromatic N) is 4. The molecule has 1 saturated carbocycles. The summed E-state index contributed by atoms with van der Waals surface area (Å²) in [5.41, 5.74) is 1.06. The largest absolute Gasteiger partial charge is 0.378 e. The normalized spacial score (nSPS) is 19.0. The van der Waals surface area contributed by atoms with E-state index in [0.717, 1.165) is 29.5 Å². The predicted molar refractivity (Wildman–Crippen MR) is 96.1 cm³/mol. The number of para-hydroxylation sites is 1. The Labute approximate surface area is 151 Å². The lowest BCUT2D eigenvalue weighted by atomic mass is 10.3. The van der Waals surface area contributed by atoms with E-state index in [9.17, 15) is 4.79 Å². The zero-order valence-electron chi connectivity index (χ0n) is 14.3. The predicted octanol–water partition coefficient (Wildman–Crippen LogP) is 2.48. The van der Waals surface area contributed by atoms with E-state index in [-0.39, 0.29) is 11.2 Å². The van der Waals surface area contributed by atoms with Crippen molar-refractivity contribution < 1.29 is 9.53 Å². The van der Waals surface area contributed by atoms with Gasteiger partial charge in [-0.3, -0.25) is 9.36 Å². The average molecular weight is 358 g/mol. The third-order valence-corrected chi connectivity index (χ3v) is 5.60. The van der Waals surface area contributed by atoms with Crippen LogP contribution in [0.1, 0.15) is 31.5 Å². The third-order valence-electron chi connectivity index (χ3n) is 4.57. The molecule has 4 rings (SSSR count). The van der Waals surface area contributed by atoms with Gasteiger partial charge in [0, 0.05) is 24.7 Å². The van der Waals surface area contributed by atoms with Crippen molar-refractivity contribution in [2.75, 3.05) is 26.3 Å². The molecule has 1 atom stereocenters. The van der Waals surface area contributed by atoms with Crippen molar-refractivity contribution in [3.63, 3.8) is 0 Å². The Morgan fingerprint density at radius 1 is 1.20 bits per heavy atom. The molecular weight excluding hydrogens is 336 g/mol. The summed E-state index contributed by atoms with van der Waals surface area (Å²) in [7, 11) is 0. The van der Waals surface area contributed by atoms with Crippen LogP contribution < -0.4 is 0 Å². The Bertz CT molecular complexity index is 739. The fourth-order valence-corrected chi connectivity index (χ4v) is 3.99. The first-order valence-electron chi connectivity index (χ1n) is 8.78. The lowest BCUT2D eigenvalue weighted by molar-refractivity contribution is -0.134. The van der Waals surface area contributed by atoms with Crippen LogP contribution in [0.5, 0.6) is 0 Å². The van der Waals surface area contributed by atoms with Crippen molar-refractivity contribution in [1.82, 2.24) is 19.7 Å². The summed E-state index contributed by atoms with van der Waals surface area (Å²) in [5.74, 6) is 1.65.